The molecule has 0 spiro atoms. The van der Waals surface area contributed by atoms with Crippen LogP contribution < -0.4 is 10.6 Å². The Hall–Kier alpha value is -2.38. The number of benzene rings is 2. The Kier molecular flexibility index (Phi) is 4.88. The van der Waals surface area contributed by atoms with Gasteiger partial charge in [0.2, 0.25) is 11.8 Å². The molecule has 140 valence electrons. The predicted molar refractivity (Wildman–Crippen MR) is 103 cm³/mol. The molecule has 5 nitrogen and oxygen atoms in total. The van der Waals surface area contributed by atoms with E-state index in [0.717, 1.165) is 4.90 Å². The van der Waals surface area contributed by atoms with E-state index in [9.17, 15) is 14.0 Å². The van der Waals surface area contributed by atoms with Gasteiger partial charge in [-0.15, -0.1) is 11.8 Å². The first-order valence-electron chi connectivity index (χ1n) is 8.79. The molecule has 0 bridgehead atoms. The van der Waals surface area contributed by atoms with E-state index < -0.39 is 5.41 Å². The molecular formula is C20H19FN2O3S. The lowest BCUT2D eigenvalue weighted by Gasteiger charge is -2.36. The number of ether oxygens (including phenoxy) is 1. The topological polar surface area (TPSA) is 67.4 Å². The van der Waals surface area contributed by atoms with Crippen LogP contribution in [-0.2, 0) is 19.7 Å². The Morgan fingerprint density at radius 2 is 2.00 bits per heavy atom. The molecule has 1 fully saturated rings. The summed E-state index contributed by atoms with van der Waals surface area (Å²) in [4.78, 5) is 25.8. The zero-order valence-corrected chi connectivity index (χ0v) is 15.4. The first-order chi connectivity index (χ1) is 13.1. The van der Waals surface area contributed by atoms with Crippen LogP contribution in [0.3, 0.4) is 0 Å². The molecule has 0 aromatic heterocycles. The number of fused-ring (bicyclic) bond motifs is 1. The largest absolute Gasteiger partial charge is 0.381 e. The van der Waals surface area contributed by atoms with Crippen molar-refractivity contribution in [1.29, 1.82) is 0 Å². The number of halogens is 1. The Bertz CT molecular complexity index is 897. The molecule has 4 rings (SSSR count). The highest BCUT2D eigenvalue weighted by atomic mass is 32.2. The fraction of sp³-hybridized carbons (Fsp3) is 0.300. The minimum absolute atomic E-state index is 0.0587. The van der Waals surface area contributed by atoms with Gasteiger partial charge in [-0.05, 0) is 48.7 Å². The number of hydrogen-bond donors (Lipinski definition) is 2. The van der Waals surface area contributed by atoms with E-state index in [4.69, 9.17) is 4.74 Å². The second-order valence-electron chi connectivity index (χ2n) is 6.71. The molecule has 1 saturated heterocycles. The maximum atomic E-state index is 13.8. The van der Waals surface area contributed by atoms with Crippen molar-refractivity contribution in [2.45, 2.75) is 23.2 Å². The summed E-state index contributed by atoms with van der Waals surface area (Å²) in [6.45, 7) is 0.891. The van der Waals surface area contributed by atoms with E-state index in [0.29, 0.717) is 48.7 Å². The van der Waals surface area contributed by atoms with Crippen LogP contribution >= 0.6 is 11.8 Å². The monoisotopic (exact) mass is 386 g/mol. The van der Waals surface area contributed by atoms with Crippen molar-refractivity contribution in [1.82, 2.24) is 0 Å². The lowest BCUT2D eigenvalue weighted by atomic mass is 9.73. The van der Waals surface area contributed by atoms with Gasteiger partial charge in [0.25, 0.3) is 0 Å². The van der Waals surface area contributed by atoms with Crippen LogP contribution in [0.5, 0.6) is 0 Å². The van der Waals surface area contributed by atoms with Crippen molar-refractivity contribution in [3.05, 3.63) is 53.8 Å². The molecule has 2 N–H and O–H groups in total. The lowest BCUT2D eigenvalue weighted by Crippen LogP contribution is -2.45. The van der Waals surface area contributed by atoms with Crippen molar-refractivity contribution >= 4 is 35.0 Å². The average Bonchev–Trinajstić information content (AvgIpc) is 2.68. The summed E-state index contributed by atoms with van der Waals surface area (Å²) in [6, 6.07) is 11.7. The van der Waals surface area contributed by atoms with Crippen molar-refractivity contribution in [3.63, 3.8) is 0 Å². The normalized spacial score (nSPS) is 18.3. The number of anilines is 2. The molecule has 0 saturated carbocycles. The molecule has 2 aromatic rings. The molecule has 0 radical (unpaired) electrons. The second-order valence-corrected chi connectivity index (χ2v) is 7.72. The van der Waals surface area contributed by atoms with Crippen LogP contribution in [-0.4, -0.2) is 30.8 Å². The first kappa shape index (κ1) is 18.0. The maximum absolute atomic E-state index is 13.8. The van der Waals surface area contributed by atoms with E-state index >= 15 is 0 Å². The molecule has 2 amide bonds. The van der Waals surface area contributed by atoms with E-state index in [1.807, 2.05) is 12.1 Å². The van der Waals surface area contributed by atoms with Crippen molar-refractivity contribution < 1.29 is 18.7 Å². The van der Waals surface area contributed by atoms with Gasteiger partial charge in [-0.2, -0.15) is 0 Å². The van der Waals surface area contributed by atoms with E-state index in [-0.39, 0.29) is 17.6 Å². The van der Waals surface area contributed by atoms with Crippen LogP contribution in [0.25, 0.3) is 0 Å². The number of hydrogen-bond acceptors (Lipinski definition) is 4. The predicted octanol–water partition coefficient (Wildman–Crippen LogP) is 3.56. The number of rotatable bonds is 3. The average molecular weight is 386 g/mol. The molecule has 2 heterocycles. The summed E-state index contributed by atoms with van der Waals surface area (Å²) in [7, 11) is 0. The highest BCUT2D eigenvalue weighted by Gasteiger charge is 2.42. The highest BCUT2D eigenvalue weighted by molar-refractivity contribution is 8.00. The Labute approximate surface area is 160 Å². The van der Waals surface area contributed by atoms with Crippen LogP contribution in [0.4, 0.5) is 15.8 Å². The summed E-state index contributed by atoms with van der Waals surface area (Å²) in [5.41, 5.74) is 1.11. The smallest absolute Gasteiger partial charge is 0.235 e. The molecule has 0 aliphatic carbocycles. The molecule has 0 unspecified atom stereocenters. The molecule has 7 heteroatoms. The molecule has 2 aromatic carbocycles. The lowest BCUT2D eigenvalue weighted by molar-refractivity contribution is -0.125. The summed E-state index contributed by atoms with van der Waals surface area (Å²) >= 11 is 1.47. The first-order valence-corrected chi connectivity index (χ1v) is 9.77. The molecule has 0 atom stereocenters. The van der Waals surface area contributed by atoms with Gasteiger partial charge in [-0.25, -0.2) is 4.39 Å². The minimum atomic E-state index is -0.839. The molecule has 2 aliphatic rings. The van der Waals surface area contributed by atoms with Crippen LogP contribution in [0, 0.1) is 5.82 Å². The van der Waals surface area contributed by atoms with Gasteiger partial charge < -0.3 is 15.4 Å². The van der Waals surface area contributed by atoms with Crippen LogP contribution in [0.1, 0.15) is 18.4 Å². The molecular weight excluding hydrogens is 367 g/mol. The zero-order chi connectivity index (χ0) is 18.9. The summed E-state index contributed by atoms with van der Waals surface area (Å²) in [5.74, 6) is -0.219. The fourth-order valence-corrected chi connectivity index (χ4v) is 4.35. The molecule has 27 heavy (non-hydrogen) atoms. The van der Waals surface area contributed by atoms with Gasteiger partial charge in [-0.3, -0.25) is 9.59 Å². The van der Waals surface area contributed by atoms with Gasteiger partial charge >= 0.3 is 0 Å². The van der Waals surface area contributed by atoms with Crippen LogP contribution in [0.2, 0.25) is 0 Å². The number of nitrogens with one attached hydrogen (secondary N) is 2. The highest BCUT2D eigenvalue weighted by Crippen LogP contribution is 2.38. The van der Waals surface area contributed by atoms with Gasteiger partial charge in [0, 0.05) is 23.8 Å². The third kappa shape index (κ3) is 3.57. The zero-order valence-electron chi connectivity index (χ0n) is 14.6. The van der Waals surface area contributed by atoms with Crippen molar-refractivity contribution in [2.75, 3.05) is 29.6 Å². The van der Waals surface area contributed by atoms with Crippen molar-refractivity contribution in [3.8, 4) is 0 Å². The third-order valence-corrected chi connectivity index (χ3v) is 6.10. The Morgan fingerprint density at radius 3 is 2.78 bits per heavy atom. The van der Waals surface area contributed by atoms with Gasteiger partial charge in [0.15, 0.2) is 0 Å². The van der Waals surface area contributed by atoms with Gasteiger partial charge in [-0.1, -0.05) is 12.1 Å². The summed E-state index contributed by atoms with van der Waals surface area (Å²) in [6.07, 6.45) is 0.972. The Balaban J connectivity index is 1.63. The van der Waals surface area contributed by atoms with E-state index in [1.165, 1.54) is 23.9 Å². The Morgan fingerprint density at radius 1 is 1.19 bits per heavy atom. The standard InChI is InChI=1S/C20H19FN2O3S/c21-14-3-1-2-13(10-14)20(6-8-26-9-7-20)19(25)22-15-4-5-17-16(11-15)23-18(24)12-27-17/h1-5,10-11H,6-9,12H2,(H,22,25)(H,23,24). The van der Waals surface area contributed by atoms with E-state index in [1.54, 1.807) is 18.2 Å². The molecule has 2 aliphatic heterocycles. The van der Waals surface area contributed by atoms with Crippen LogP contribution in [0.15, 0.2) is 47.4 Å². The minimum Gasteiger partial charge on any atom is -0.381 e. The summed E-state index contributed by atoms with van der Waals surface area (Å²) < 4.78 is 19.2. The second kappa shape index (κ2) is 7.32. The van der Waals surface area contributed by atoms with Crippen molar-refractivity contribution in [2.24, 2.45) is 0 Å². The third-order valence-electron chi connectivity index (χ3n) is 5.03. The number of carbonyl (C=O) groups is 2. The number of carbonyl (C=O) groups excluding carboxylic acids is 2. The fourth-order valence-electron chi connectivity index (χ4n) is 3.56. The number of thioether (sulfide) groups is 1. The SMILES string of the molecule is O=C1CSc2ccc(NC(=O)C3(c4cccc(F)c4)CCOCC3)cc2N1. The number of amides is 2. The van der Waals surface area contributed by atoms with E-state index in [2.05, 4.69) is 10.6 Å². The van der Waals surface area contributed by atoms with Gasteiger partial charge in [0.05, 0.1) is 16.9 Å². The maximum Gasteiger partial charge on any atom is 0.235 e. The summed E-state index contributed by atoms with van der Waals surface area (Å²) in [5, 5.41) is 5.78. The quantitative estimate of drug-likeness (QED) is 0.847. The van der Waals surface area contributed by atoms with Gasteiger partial charge in [0.1, 0.15) is 5.82 Å².